The van der Waals surface area contributed by atoms with Crippen LogP contribution in [0.5, 0.6) is 0 Å². The first-order chi connectivity index (χ1) is 12.5. The molecule has 5 rings (SSSR count). The number of H-pyrrole nitrogens is 1. The highest BCUT2D eigenvalue weighted by Gasteiger charge is 2.33. The third-order valence-corrected chi connectivity index (χ3v) is 5.12. The number of furan rings is 1. The molecule has 1 N–H and O–H groups in total. The van der Waals surface area contributed by atoms with E-state index in [0.29, 0.717) is 37.5 Å². The maximum absolute atomic E-state index is 12.2. The zero-order valence-electron chi connectivity index (χ0n) is 14.8. The summed E-state index contributed by atoms with van der Waals surface area (Å²) in [6.07, 6.45) is 2.12. The van der Waals surface area contributed by atoms with Crippen LogP contribution in [0.2, 0.25) is 0 Å². The maximum atomic E-state index is 12.2. The molecule has 2 aliphatic rings. The predicted molar refractivity (Wildman–Crippen MR) is 95.5 cm³/mol. The van der Waals surface area contributed by atoms with Crippen LogP contribution in [0.25, 0.3) is 22.2 Å². The van der Waals surface area contributed by atoms with E-state index in [2.05, 4.69) is 28.7 Å². The minimum Gasteiger partial charge on any atom is -0.430 e. The van der Waals surface area contributed by atoms with E-state index in [-0.39, 0.29) is 16.7 Å². The maximum Gasteiger partial charge on any atom is 0.294 e. The second-order valence-corrected chi connectivity index (χ2v) is 7.41. The van der Waals surface area contributed by atoms with E-state index < -0.39 is 0 Å². The molecular formula is C18H20N4O4. The van der Waals surface area contributed by atoms with E-state index >= 15 is 0 Å². The number of aromatic amines is 1. The summed E-state index contributed by atoms with van der Waals surface area (Å²) in [4.78, 5) is 26.1. The Kier molecular flexibility index (Phi) is 3.35. The molecule has 0 unspecified atom stereocenters. The van der Waals surface area contributed by atoms with Gasteiger partial charge in [-0.05, 0) is 19.4 Å². The normalized spacial score (nSPS) is 19.8. The highest BCUT2D eigenvalue weighted by molar-refractivity contribution is 6.04. The fourth-order valence-electron chi connectivity index (χ4n) is 3.84. The van der Waals surface area contributed by atoms with Crippen LogP contribution < -0.4 is 10.5 Å². The summed E-state index contributed by atoms with van der Waals surface area (Å²) in [6, 6.07) is 0. The monoisotopic (exact) mass is 356 g/mol. The largest absolute Gasteiger partial charge is 0.430 e. The molecule has 0 spiro atoms. The Morgan fingerprint density at radius 2 is 2.04 bits per heavy atom. The molecule has 8 heteroatoms. The lowest BCUT2D eigenvalue weighted by atomic mass is 9.90. The number of aromatic nitrogens is 3. The highest BCUT2D eigenvalue weighted by atomic mass is 16.5. The van der Waals surface area contributed by atoms with Gasteiger partial charge in [0, 0.05) is 25.1 Å². The topological polar surface area (TPSA) is 93.5 Å². The highest BCUT2D eigenvalue weighted by Crippen LogP contribution is 2.40. The lowest BCUT2D eigenvalue weighted by Crippen LogP contribution is -2.39. The van der Waals surface area contributed by atoms with Crippen LogP contribution in [-0.4, -0.2) is 46.9 Å². The van der Waals surface area contributed by atoms with Crippen molar-refractivity contribution in [2.45, 2.75) is 32.5 Å². The van der Waals surface area contributed by atoms with E-state index in [4.69, 9.17) is 18.9 Å². The molecule has 0 radical (unpaired) electrons. The van der Waals surface area contributed by atoms with Crippen molar-refractivity contribution < 1.29 is 13.9 Å². The Bertz CT molecular complexity index is 1060. The molecule has 0 amide bonds. The van der Waals surface area contributed by atoms with Crippen molar-refractivity contribution in [3.63, 3.8) is 0 Å². The average molecular weight is 356 g/mol. The van der Waals surface area contributed by atoms with Gasteiger partial charge in [0.25, 0.3) is 5.56 Å². The standard InChI is InChI=1S/C18H20N4O4/c1-18(2)7-10-11(8-25-18)15(22-3-5-24-6-4-22)21-17-12(10)13-14(26-17)16(23)20-9-19-13/h9H,3-8H2,1-2H3,(H,19,20,23). The van der Waals surface area contributed by atoms with Crippen molar-refractivity contribution in [2.75, 3.05) is 31.2 Å². The van der Waals surface area contributed by atoms with Gasteiger partial charge in [-0.2, -0.15) is 4.98 Å². The molecule has 136 valence electrons. The summed E-state index contributed by atoms with van der Waals surface area (Å²) >= 11 is 0. The molecular weight excluding hydrogens is 336 g/mol. The Morgan fingerprint density at radius 1 is 1.23 bits per heavy atom. The zero-order chi connectivity index (χ0) is 17.9. The Hall–Kier alpha value is -2.45. The second-order valence-electron chi connectivity index (χ2n) is 7.41. The number of hydrogen-bond acceptors (Lipinski definition) is 7. The van der Waals surface area contributed by atoms with Gasteiger partial charge >= 0.3 is 0 Å². The van der Waals surface area contributed by atoms with Gasteiger partial charge in [0.05, 0.1) is 37.1 Å². The number of nitrogens with zero attached hydrogens (tertiary/aromatic N) is 3. The van der Waals surface area contributed by atoms with Crippen molar-refractivity contribution in [3.8, 4) is 0 Å². The van der Waals surface area contributed by atoms with E-state index in [0.717, 1.165) is 35.4 Å². The third-order valence-electron chi connectivity index (χ3n) is 5.12. The van der Waals surface area contributed by atoms with Gasteiger partial charge in [-0.15, -0.1) is 0 Å². The van der Waals surface area contributed by atoms with Crippen molar-refractivity contribution in [2.24, 2.45) is 0 Å². The first kappa shape index (κ1) is 15.8. The SMILES string of the molecule is CC1(C)Cc2c(c(N3CCOCC3)nc3oc4c(=O)[nH]cnc4c23)CO1. The van der Waals surface area contributed by atoms with Gasteiger partial charge in [0.15, 0.2) is 0 Å². The van der Waals surface area contributed by atoms with Crippen molar-refractivity contribution >= 4 is 28.0 Å². The lowest BCUT2D eigenvalue weighted by Gasteiger charge is -2.36. The molecule has 0 atom stereocenters. The number of anilines is 1. The van der Waals surface area contributed by atoms with Crippen LogP contribution in [0.15, 0.2) is 15.5 Å². The summed E-state index contributed by atoms with van der Waals surface area (Å²) in [5.74, 6) is 0.863. The van der Waals surface area contributed by atoms with Crippen molar-refractivity contribution in [3.05, 3.63) is 27.8 Å². The molecule has 8 nitrogen and oxygen atoms in total. The third kappa shape index (κ3) is 2.33. The summed E-state index contributed by atoms with van der Waals surface area (Å²) in [5.41, 5.74) is 2.84. The Morgan fingerprint density at radius 3 is 2.85 bits per heavy atom. The molecule has 0 saturated carbocycles. The Labute approximate surface area is 149 Å². The van der Waals surface area contributed by atoms with Crippen molar-refractivity contribution in [1.82, 2.24) is 15.0 Å². The molecule has 0 aromatic carbocycles. The van der Waals surface area contributed by atoms with Crippen LogP contribution in [-0.2, 0) is 22.5 Å². The molecule has 26 heavy (non-hydrogen) atoms. The van der Waals surface area contributed by atoms with E-state index in [1.165, 1.54) is 6.33 Å². The number of rotatable bonds is 1. The fourth-order valence-corrected chi connectivity index (χ4v) is 3.84. The number of morpholine rings is 1. The van der Waals surface area contributed by atoms with Gasteiger partial charge < -0.3 is 23.8 Å². The number of nitrogens with one attached hydrogen (secondary N) is 1. The average Bonchev–Trinajstić information content (AvgIpc) is 3.01. The number of hydrogen-bond donors (Lipinski definition) is 1. The molecule has 3 aromatic rings. The van der Waals surface area contributed by atoms with Crippen LogP contribution in [0.3, 0.4) is 0 Å². The molecule has 1 fully saturated rings. The fraction of sp³-hybridized carbons (Fsp3) is 0.500. The quantitative estimate of drug-likeness (QED) is 0.710. The molecule has 5 heterocycles. The van der Waals surface area contributed by atoms with Crippen LogP contribution >= 0.6 is 0 Å². The first-order valence-electron chi connectivity index (χ1n) is 8.82. The second kappa shape index (κ2) is 5.52. The first-order valence-corrected chi connectivity index (χ1v) is 8.82. The summed E-state index contributed by atoms with van der Waals surface area (Å²) in [6.45, 7) is 7.50. The van der Waals surface area contributed by atoms with Gasteiger partial charge in [-0.3, -0.25) is 4.79 Å². The van der Waals surface area contributed by atoms with E-state index in [1.807, 2.05) is 0 Å². The van der Waals surface area contributed by atoms with Crippen LogP contribution in [0, 0.1) is 0 Å². The van der Waals surface area contributed by atoms with Gasteiger partial charge in [0.2, 0.25) is 11.3 Å². The smallest absolute Gasteiger partial charge is 0.294 e. The number of fused-ring (bicyclic) bond motifs is 5. The minimum absolute atomic E-state index is 0.223. The zero-order valence-corrected chi connectivity index (χ0v) is 14.8. The molecule has 3 aromatic heterocycles. The predicted octanol–water partition coefficient (Wildman–Crippen LogP) is 1.75. The summed E-state index contributed by atoms with van der Waals surface area (Å²) in [7, 11) is 0. The van der Waals surface area contributed by atoms with E-state index in [1.54, 1.807) is 0 Å². The molecule has 1 saturated heterocycles. The summed E-state index contributed by atoms with van der Waals surface area (Å²) < 4.78 is 17.4. The Balaban J connectivity index is 1.83. The molecule has 0 bridgehead atoms. The van der Waals surface area contributed by atoms with Gasteiger partial charge in [0.1, 0.15) is 11.3 Å². The molecule has 2 aliphatic heterocycles. The number of ether oxygens (including phenoxy) is 2. The van der Waals surface area contributed by atoms with Crippen molar-refractivity contribution in [1.29, 1.82) is 0 Å². The van der Waals surface area contributed by atoms with Gasteiger partial charge in [-0.1, -0.05) is 0 Å². The minimum atomic E-state index is -0.297. The van der Waals surface area contributed by atoms with Crippen LogP contribution in [0.1, 0.15) is 25.0 Å². The lowest BCUT2D eigenvalue weighted by molar-refractivity contribution is -0.0396. The number of pyridine rings is 1. The summed E-state index contributed by atoms with van der Waals surface area (Å²) in [5, 5.41) is 0.828. The molecule has 0 aliphatic carbocycles. The van der Waals surface area contributed by atoms with E-state index in [9.17, 15) is 4.79 Å². The van der Waals surface area contributed by atoms with Gasteiger partial charge in [-0.25, -0.2) is 4.98 Å². The van der Waals surface area contributed by atoms with Crippen LogP contribution in [0.4, 0.5) is 5.82 Å².